The van der Waals surface area contributed by atoms with Gasteiger partial charge in [0.1, 0.15) is 5.69 Å². The molecule has 0 aliphatic heterocycles. The van der Waals surface area contributed by atoms with E-state index in [2.05, 4.69) is 10.3 Å². The lowest BCUT2D eigenvalue weighted by Crippen LogP contribution is -2.34. The number of carbonyl (C=O) groups is 1. The highest BCUT2D eigenvalue weighted by atomic mass is 16.5. The number of anilines is 1. The average Bonchev–Trinajstić information content (AvgIpc) is 2.79. The third kappa shape index (κ3) is 3.24. The van der Waals surface area contributed by atoms with Crippen LogP contribution in [0.1, 0.15) is 10.5 Å². The fourth-order valence-electron chi connectivity index (χ4n) is 1.83. The van der Waals surface area contributed by atoms with Gasteiger partial charge < -0.3 is 25.9 Å². The largest absolute Gasteiger partial charge is 0.399 e. The van der Waals surface area contributed by atoms with Gasteiger partial charge in [0.2, 0.25) is 0 Å². The van der Waals surface area contributed by atoms with Crippen molar-refractivity contribution < 1.29 is 14.6 Å². The highest BCUT2D eigenvalue weighted by Crippen LogP contribution is 2.18. The number of amides is 1. The number of aromatic nitrogens is 1. The van der Waals surface area contributed by atoms with E-state index < -0.39 is 6.10 Å². The Morgan fingerprint density at radius 2 is 2.32 bits per heavy atom. The van der Waals surface area contributed by atoms with Gasteiger partial charge >= 0.3 is 0 Å². The van der Waals surface area contributed by atoms with E-state index in [0.29, 0.717) is 11.4 Å². The number of aliphatic hydroxyl groups excluding tert-OH is 1. The summed E-state index contributed by atoms with van der Waals surface area (Å²) in [6.07, 6.45) is -0.714. The van der Waals surface area contributed by atoms with E-state index in [1.165, 1.54) is 7.11 Å². The van der Waals surface area contributed by atoms with Crippen molar-refractivity contribution in [2.24, 2.45) is 0 Å². The number of hydrogen-bond donors (Lipinski definition) is 4. The quantitative estimate of drug-likeness (QED) is 0.590. The SMILES string of the molecule is COCC(O)CNC(=O)c1cc2cc(N)ccc2[nH]1. The van der Waals surface area contributed by atoms with Gasteiger partial charge in [-0.25, -0.2) is 0 Å². The lowest BCUT2D eigenvalue weighted by molar-refractivity contribution is 0.0609. The zero-order valence-corrected chi connectivity index (χ0v) is 10.6. The number of carbonyl (C=O) groups excluding carboxylic acids is 1. The highest BCUT2D eigenvalue weighted by Gasteiger charge is 2.11. The van der Waals surface area contributed by atoms with Crippen LogP contribution in [0.3, 0.4) is 0 Å². The van der Waals surface area contributed by atoms with Crippen molar-refractivity contribution in [2.45, 2.75) is 6.10 Å². The number of fused-ring (bicyclic) bond motifs is 1. The van der Waals surface area contributed by atoms with E-state index in [4.69, 9.17) is 10.5 Å². The predicted molar refractivity (Wildman–Crippen MR) is 72.9 cm³/mol. The molecule has 1 atom stereocenters. The van der Waals surface area contributed by atoms with Crippen LogP contribution in [0.2, 0.25) is 0 Å². The molecule has 1 unspecified atom stereocenters. The molecule has 0 aliphatic rings. The molecular formula is C13H17N3O3. The molecule has 0 spiro atoms. The van der Waals surface area contributed by atoms with Gasteiger partial charge in [-0.3, -0.25) is 4.79 Å². The third-order valence-corrected chi connectivity index (χ3v) is 2.75. The van der Waals surface area contributed by atoms with Crippen LogP contribution in [0, 0.1) is 0 Å². The zero-order chi connectivity index (χ0) is 13.8. The van der Waals surface area contributed by atoms with E-state index in [1.54, 1.807) is 18.2 Å². The Balaban J connectivity index is 2.05. The van der Waals surface area contributed by atoms with Crippen molar-refractivity contribution in [1.29, 1.82) is 0 Å². The maximum Gasteiger partial charge on any atom is 0.267 e. The monoisotopic (exact) mass is 263 g/mol. The van der Waals surface area contributed by atoms with Crippen LogP contribution in [0.4, 0.5) is 5.69 Å². The number of hydrogen-bond acceptors (Lipinski definition) is 4. The standard InChI is InChI=1S/C13H17N3O3/c1-19-7-10(17)6-15-13(18)12-5-8-4-9(14)2-3-11(8)16-12/h2-5,10,16-17H,6-7,14H2,1H3,(H,15,18). The third-order valence-electron chi connectivity index (χ3n) is 2.75. The summed E-state index contributed by atoms with van der Waals surface area (Å²) in [5.74, 6) is -0.273. The van der Waals surface area contributed by atoms with Crippen LogP contribution in [-0.4, -0.2) is 42.4 Å². The first-order valence-corrected chi connectivity index (χ1v) is 5.93. The number of nitrogens with two attached hydrogens (primary N) is 1. The summed E-state index contributed by atoms with van der Waals surface area (Å²) >= 11 is 0. The van der Waals surface area contributed by atoms with Crippen LogP contribution < -0.4 is 11.1 Å². The number of methoxy groups -OCH3 is 1. The molecule has 0 saturated carbocycles. The number of rotatable bonds is 5. The Morgan fingerprint density at radius 1 is 1.53 bits per heavy atom. The zero-order valence-electron chi connectivity index (χ0n) is 10.6. The van der Waals surface area contributed by atoms with E-state index in [9.17, 15) is 9.90 Å². The molecule has 102 valence electrons. The molecular weight excluding hydrogens is 246 g/mol. The molecule has 1 heterocycles. The summed E-state index contributed by atoms with van der Waals surface area (Å²) in [5, 5.41) is 13.0. The maximum atomic E-state index is 11.9. The topological polar surface area (TPSA) is 100 Å². The Kier molecular flexibility index (Phi) is 4.03. The molecule has 1 aromatic carbocycles. The minimum atomic E-state index is -0.714. The Bertz CT molecular complexity index is 580. The fraction of sp³-hybridized carbons (Fsp3) is 0.308. The van der Waals surface area contributed by atoms with Crippen molar-refractivity contribution in [1.82, 2.24) is 10.3 Å². The molecule has 0 radical (unpaired) electrons. The number of nitrogen functional groups attached to an aromatic ring is 1. The lowest BCUT2D eigenvalue weighted by atomic mass is 10.2. The molecule has 19 heavy (non-hydrogen) atoms. The van der Waals surface area contributed by atoms with Gasteiger partial charge in [-0.2, -0.15) is 0 Å². The molecule has 0 aliphatic carbocycles. The van der Waals surface area contributed by atoms with Crippen molar-refractivity contribution >= 4 is 22.5 Å². The number of H-pyrrole nitrogens is 1. The summed E-state index contributed by atoms with van der Waals surface area (Å²) in [7, 11) is 1.49. The first-order valence-electron chi connectivity index (χ1n) is 5.93. The van der Waals surface area contributed by atoms with Gasteiger partial charge in [0.05, 0.1) is 12.7 Å². The van der Waals surface area contributed by atoms with Crippen molar-refractivity contribution in [3.63, 3.8) is 0 Å². The molecule has 2 rings (SSSR count). The fourth-order valence-corrected chi connectivity index (χ4v) is 1.83. The van der Waals surface area contributed by atoms with E-state index in [1.807, 2.05) is 6.07 Å². The van der Waals surface area contributed by atoms with Crippen LogP contribution in [-0.2, 0) is 4.74 Å². The minimum Gasteiger partial charge on any atom is -0.399 e. The number of aliphatic hydroxyl groups is 1. The number of aromatic amines is 1. The number of benzene rings is 1. The number of ether oxygens (including phenoxy) is 1. The minimum absolute atomic E-state index is 0.143. The molecule has 1 aromatic heterocycles. The highest BCUT2D eigenvalue weighted by molar-refractivity contribution is 5.98. The Labute approximate surface area is 110 Å². The van der Waals surface area contributed by atoms with E-state index >= 15 is 0 Å². The summed E-state index contributed by atoms with van der Waals surface area (Å²) in [4.78, 5) is 14.9. The molecule has 5 N–H and O–H groups in total. The molecule has 2 aromatic rings. The summed E-state index contributed by atoms with van der Waals surface area (Å²) in [5.41, 5.74) is 7.61. The van der Waals surface area contributed by atoms with Gasteiger partial charge in [-0.15, -0.1) is 0 Å². The average molecular weight is 263 g/mol. The summed E-state index contributed by atoms with van der Waals surface area (Å²) < 4.78 is 4.78. The van der Waals surface area contributed by atoms with E-state index in [0.717, 1.165) is 10.9 Å². The van der Waals surface area contributed by atoms with Crippen LogP contribution in [0.25, 0.3) is 10.9 Å². The summed E-state index contributed by atoms with van der Waals surface area (Å²) in [6.45, 7) is 0.327. The molecule has 1 amide bonds. The second-order valence-electron chi connectivity index (χ2n) is 4.35. The van der Waals surface area contributed by atoms with Crippen molar-refractivity contribution in [3.05, 3.63) is 30.0 Å². The molecule has 0 fully saturated rings. The molecule has 0 bridgehead atoms. The van der Waals surface area contributed by atoms with Crippen molar-refractivity contribution in [2.75, 3.05) is 26.0 Å². The smallest absolute Gasteiger partial charge is 0.267 e. The van der Waals surface area contributed by atoms with Gasteiger partial charge in [-0.1, -0.05) is 0 Å². The van der Waals surface area contributed by atoms with Gasteiger partial charge in [0.15, 0.2) is 0 Å². The summed E-state index contributed by atoms with van der Waals surface area (Å²) in [6, 6.07) is 7.11. The van der Waals surface area contributed by atoms with Crippen LogP contribution >= 0.6 is 0 Å². The van der Waals surface area contributed by atoms with Gasteiger partial charge in [0, 0.05) is 30.2 Å². The molecule has 6 heteroatoms. The molecule has 0 saturated heterocycles. The number of nitrogens with one attached hydrogen (secondary N) is 2. The predicted octanol–water partition coefficient (Wildman–Crippen LogP) is 0.487. The Morgan fingerprint density at radius 3 is 3.05 bits per heavy atom. The second-order valence-corrected chi connectivity index (χ2v) is 4.35. The molecule has 6 nitrogen and oxygen atoms in total. The lowest BCUT2D eigenvalue weighted by Gasteiger charge is -2.09. The van der Waals surface area contributed by atoms with Crippen molar-refractivity contribution in [3.8, 4) is 0 Å². The second kappa shape index (κ2) is 5.73. The maximum absolute atomic E-state index is 11.9. The van der Waals surface area contributed by atoms with E-state index in [-0.39, 0.29) is 19.1 Å². The van der Waals surface area contributed by atoms with Crippen LogP contribution in [0.5, 0.6) is 0 Å². The van der Waals surface area contributed by atoms with Gasteiger partial charge in [0.25, 0.3) is 5.91 Å². The first kappa shape index (κ1) is 13.4. The van der Waals surface area contributed by atoms with Crippen LogP contribution in [0.15, 0.2) is 24.3 Å². The Hall–Kier alpha value is -2.05. The van der Waals surface area contributed by atoms with Gasteiger partial charge in [-0.05, 0) is 24.3 Å². The normalized spacial score (nSPS) is 12.5. The first-order chi connectivity index (χ1) is 9.10.